The van der Waals surface area contributed by atoms with Crippen molar-refractivity contribution < 1.29 is 9.59 Å². The van der Waals surface area contributed by atoms with Gasteiger partial charge in [0.2, 0.25) is 5.91 Å². The molecule has 0 radical (unpaired) electrons. The third-order valence-corrected chi connectivity index (χ3v) is 4.48. The Morgan fingerprint density at radius 3 is 2.83 bits per heavy atom. The van der Waals surface area contributed by atoms with Gasteiger partial charge < -0.3 is 15.6 Å². The van der Waals surface area contributed by atoms with Gasteiger partial charge in [-0.15, -0.1) is 0 Å². The minimum absolute atomic E-state index is 0.0891. The van der Waals surface area contributed by atoms with Crippen LogP contribution in [0.1, 0.15) is 41.9 Å². The first-order chi connectivity index (χ1) is 11.0. The molecular formula is C18H23N3O2. The molecule has 2 amide bonds. The van der Waals surface area contributed by atoms with Gasteiger partial charge in [0.15, 0.2) is 0 Å². The molecule has 1 aliphatic carbocycles. The predicted molar refractivity (Wildman–Crippen MR) is 90.5 cm³/mol. The Balaban J connectivity index is 1.75. The summed E-state index contributed by atoms with van der Waals surface area (Å²) < 4.78 is 0. The molecule has 5 nitrogen and oxygen atoms in total. The van der Waals surface area contributed by atoms with Crippen molar-refractivity contribution in [2.45, 2.75) is 33.1 Å². The molecule has 1 aromatic carbocycles. The topological polar surface area (TPSA) is 74.0 Å². The second-order valence-corrected chi connectivity index (χ2v) is 6.43. The normalized spacial score (nSPS) is 16.9. The highest BCUT2D eigenvalue weighted by Crippen LogP contribution is 2.32. The molecule has 0 saturated heterocycles. The number of nitrogens with one attached hydrogen (secondary N) is 3. The quantitative estimate of drug-likeness (QED) is 0.757. The van der Waals surface area contributed by atoms with Crippen LogP contribution < -0.4 is 10.6 Å². The van der Waals surface area contributed by atoms with Gasteiger partial charge in [0.05, 0.1) is 0 Å². The molecule has 1 unspecified atom stereocenters. The van der Waals surface area contributed by atoms with E-state index in [1.165, 1.54) is 30.0 Å². The number of aromatic nitrogens is 1. The van der Waals surface area contributed by atoms with Crippen LogP contribution in [0.4, 0.5) is 0 Å². The van der Waals surface area contributed by atoms with Gasteiger partial charge in [-0.1, -0.05) is 6.92 Å². The first-order valence-corrected chi connectivity index (χ1v) is 8.20. The van der Waals surface area contributed by atoms with Gasteiger partial charge in [0.25, 0.3) is 5.91 Å². The van der Waals surface area contributed by atoms with Crippen molar-refractivity contribution in [2.24, 2.45) is 5.92 Å². The minimum Gasteiger partial charge on any atom is -0.358 e. The first kappa shape index (κ1) is 15.6. The number of hydrogen-bond acceptors (Lipinski definition) is 2. The van der Waals surface area contributed by atoms with E-state index in [4.69, 9.17) is 0 Å². The van der Waals surface area contributed by atoms with E-state index in [9.17, 15) is 9.59 Å². The molecule has 0 saturated carbocycles. The van der Waals surface area contributed by atoms with Crippen LogP contribution in [0.2, 0.25) is 0 Å². The summed E-state index contributed by atoms with van der Waals surface area (Å²) in [5, 5.41) is 6.67. The second kappa shape index (κ2) is 6.44. The van der Waals surface area contributed by atoms with Crippen LogP contribution >= 0.6 is 0 Å². The van der Waals surface area contributed by atoms with E-state index in [0.29, 0.717) is 24.6 Å². The lowest BCUT2D eigenvalue weighted by Gasteiger charge is -2.18. The summed E-state index contributed by atoms with van der Waals surface area (Å²) in [4.78, 5) is 26.6. The maximum atomic E-state index is 12.3. The number of rotatable bonds is 4. The van der Waals surface area contributed by atoms with E-state index >= 15 is 0 Å². The van der Waals surface area contributed by atoms with Crippen LogP contribution in [0.3, 0.4) is 0 Å². The molecule has 0 fully saturated rings. The smallest absolute Gasteiger partial charge is 0.251 e. The molecule has 2 aromatic rings. The Bertz CT molecular complexity index is 748. The number of hydrogen-bond donors (Lipinski definition) is 3. The fourth-order valence-corrected chi connectivity index (χ4v) is 3.25. The molecule has 1 atom stereocenters. The third kappa shape index (κ3) is 3.38. The van der Waals surface area contributed by atoms with Gasteiger partial charge in [-0.25, -0.2) is 0 Å². The average molecular weight is 313 g/mol. The molecule has 0 spiro atoms. The van der Waals surface area contributed by atoms with E-state index in [1.807, 2.05) is 18.2 Å². The third-order valence-electron chi connectivity index (χ3n) is 4.48. The molecule has 3 rings (SSSR count). The predicted octanol–water partition coefficient (Wildman–Crippen LogP) is 2.16. The van der Waals surface area contributed by atoms with E-state index in [-0.39, 0.29) is 11.8 Å². The van der Waals surface area contributed by atoms with E-state index < -0.39 is 0 Å². The Morgan fingerprint density at radius 2 is 2.04 bits per heavy atom. The summed E-state index contributed by atoms with van der Waals surface area (Å²) in [6.07, 6.45) is 3.38. The van der Waals surface area contributed by atoms with Crippen molar-refractivity contribution >= 4 is 22.7 Å². The Labute approximate surface area is 135 Å². The number of benzene rings is 1. The number of fused-ring (bicyclic) bond motifs is 3. The van der Waals surface area contributed by atoms with Crippen LogP contribution in [0.25, 0.3) is 10.9 Å². The van der Waals surface area contributed by atoms with E-state index in [0.717, 1.165) is 18.4 Å². The lowest BCUT2D eigenvalue weighted by molar-refractivity contribution is -0.118. The maximum Gasteiger partial charge on any atom is 0.251 e. The van der Waals surface area contributed by atoms with Gasteiger partial charge in [-0.2, -0.15) is 0 Å². The molecule has 1 aliphatic rings. The molecular weight excluding hydrogens is 290 g/mol. The molecule has 1 aromatic heterocycles. The fraction of sp³-hybridized carbons (Fsp3) is 0.444. The standard InChI is InChI=1S/C18H23N3O2/c1-11-3-5-16-14(9-11)15-10-13(4-6-17(15)21-16)18(23)20-8-7-19-12(2)22/h4,6,10-11,21H,3,5,7-9H2,1-2H3,(H,19,22)(H,20,23). The maximum absolute atomic E-state index is 12.3. The number of amides is 2. The number of aryl methyl sites for hydroxylation is 1. The van der Waals surface area contributed by atoms with Crippen LogP contribution in [-0.2, 0) is 17.6 Å². The van der Waals surface area contributed by atoms with E-state index in [2.05, 4.69) is 22.5 Å². The number of carbonyl (C=O) groups is 2. The second-order valence-electron chi connectivity index (χ2n) is 6.43. The number of aromatic amines is 1. The summed E-state index contributed by atoms with van der Waals surface area (Å²) in [6.45, 7) is 4.62. The summed E-state index contributed by atoms with van der Waals surface area (Å²) in [5.74, 6) is 0.501. The molecule has 1 heterocycles. The number of H-pyrrole nitrogens is 1. The van der Waals surface area contributed by atoms with Crippen LogP contribution in [0.15, 0.2) is 18.2 Å². The molecule has 5 heteroatoms. The highest BCUT2D eigenvalue weighted by atomic mass is 16.2. The van der Waals surface area contributed by atoms with Gasteiger partial charge in [-0.3, -0.25) is 9.59 Å². The monoisotopic (exact) mass is 313 g/mol. The summed E-state index contributed by atoms with van der Waals surface area (Å²) in [7, 11) is 0. The highest BCUT2D eigenvalue weighted by Gasteiger charge is 2.20. The Hall–Kier alpha value is -2.30. The molecule has 122 valence electrons. The summed E-state index contributed by atoms with van der Waals surface area (Å²) >= 11 is 0. The van der Waals surface area contributed by atoms with Gasteiger partial charge in [0, 0.05) is 42.2 Å². The fourth-order valence-electron chi connectivity index (χ4n) is 3.25. The van der Waals surface area contributed by atoms with Crippen molar-refractivity contribution in [1.82, 2.24) is 15.6 Å². The summed E-state index contributed by atoms with van der Waals surface area (Å²) in [5.41, 5.74) is 4.47. The average Bonchev–Trinajstić information content (AvgIpc) is 2.88. The number of carbonyl (C=O) groups excluding carboxylic acids is 2. The molecule has 23 heavy (non-hydrogen) atoms. The zero-order valence-electron chi connectivity index (χ0n) is 13.7. The Morgan fingerprint density at radius 1 is 1.26 bits per heavy atom. The van der Waals surface area contributed by atoms with Crippen LogP contribution in [0.5, 0.6) is 0 Å². The van der Waals surface area contributed by atoms with E-state index in [1.54, 1.807) is 0 Å². The van der Waals surface area contributed by atoms with Crippen molar-refractivity contribution in [3.05, 3.63) is 35.0 Å². The molecule has 0 aliphatic heterocycles. The highest BCUT2D eigenvalue weighted by molar-refractivity contribution is 5.99. The first-order valence-electron chi connectivity index (χ1n) is 8.20. The van der Waals surface area contributed by atoms with Gasteiger partial charge >= 0.3 is 0 Å². The van der Waals surface area contributed by atoms with Gasteiger partial charge in [-0.05, 0) is 48.9 Å². The van der Waals surface area contributed by atoms with Crippen molar-refractivity contribution in [3.63, 3.8) is 0 Å². The zero-order valence-corrected chi connectivity index (χ0v) is 13.7. The van der Waals surface area contributed by atoms with Crippen molar-refractivity contribution in [1.29, 1.82) is 0 Å². The lowest BCUT2D eigenvalue weighted by atomic mass is 9.87. The summed E-state index contributed by atoms with van der Waals surface area (Å²) in [6, 6.07) is 5.82. The largest absolute Gasteiger partial charge is 0.358 e. The molecule has 0 bridgehead atoms. The van der Waals surface area contributed by atoms with Crippen molar-refractivity contribution in [3.8, 4) is 0 Å². The SMILES string of the molecule is CC(=O)NCCNC(=O)c1ccc2[nH]c3c(c2c1)CC(C)CC3. The van der Waals surface area contributed by atoms with Crippen molar-refractivity contribution in [2.75, 3.05) is 13.1 Å². The minimum atomic E-state index is -0.101. The zero-order chi connectivity index (χ0) is 16.4. The van der Waals surface area contributed by atoms with Crippen LogP contribution in [0, 0.1) is 5.92 Å². The lowest BCUT2D eigenvalue weighted by Crippen LogP contribution is -2.33. The van der Waals surface area contributed by atoms with Crippen LogP contribution in [-0.4, -0.2) is 29.9 Å². The molecule has 3 N–H and O–H groups in total. The Kier molecular flexibility index (Phi) is 4.37. The van der Waals surface area contributed by atoms with Gasteiger partial charge in [0.1, 0.15) is 0 Å².